The number of aliphatic imine (C=N–C) groups is 1. The monoisotopic (exact) mass is 493 g/mol. The van der Waals surface area contributed by atoms with Crippen molar-refractivity contribution in [3.8, 4) is 0 Å². The van der Waals surface area contributed by atoms with Gasteiger partial charge in [-0.15, -0.1) is 24.0 Å². The van der Waals surface area contributed by atoms with Crippen LogP contribution in [0.1, 0.15) is 58.8 Å². The van der Waals surface area contributed by atoms with Crippen molar-refractivity contribution in [2.24, 2.45) is 10.9 Å². The molecule has 0 bridgehead atoms. The van der Waals surface area contributed by atoms with E-state index < -0.39 is 0 Å². The quantitative estimate of drug-likeness (QED) is 0.225. The molecule has 2 fully saturated rings. The first-order valence-electron chi connectivity index (χ1n) is 10.7. The van der Waals surface area contributed by atoms with Gasteiger partial charge in [0.05, 0.1) is 0 Å². The lowest BCUT2D eigenvalue weighted by atomic mass is 10.1. The highest BCUT2D eigenvalue weighted by molar-refractivity contribution is 14.0. The Bertz CT molecular complexity index is 450. The van der Waals surface area contributed by atoms with E-state index >= 15 is 0 Å². The number of hydrogen-bond acceptors (Lipinski definition) is 3. The lowest BCUT2D eigenvalue weighted by Gasteiger charge is -2.21. The van der Waals surface area contributed by atoms with Gasteiger partial charge in [0, 0.05) is 38.6 Å². The number of carbonyl (C=O) groups is 1. The summed E-state index contributed by atoms with van der Waals surface area (Å²) in [5, 5.41) is 6.92. The largest absolute Gasteiger partial charge is 0.356 e. The van der Waals surface area contributed by atoms with Crippen LogP contribution in [0.2, 0.25) is 0 Å². The highest BCUT2D eigenvalue weighted by atomic mass is 127. The number of carbonyl (C=O) groups excluding carboxylic acids is 1. The van der Waals surface area contributed by atoms with E-state index in [4.69, 9.17) is 0 Å². The van der Waals surface area contributed by atoms with Crippen LogP contribution in [0.15, 0.2) is 4.99 Å². The zero-order valence-corrected chi connectivity index (χ0v) is 19.8. The Labute approximate surface area is 182 Å². The SMILES string of the molecule is CCN(CC)CCCCNC(=NC)NC1CCN(C(=O)C2CCCC2)C1.I. The summed E-state index contributed by atoms with van der Waals surface area (Å²) >= 11 is 0. The van der Waals surface area contributed by atoms with E-state index in [9.17, 15) is 4.79 Å². The van der Waals surface area contributed by atoms with Crippen LogP contribution in [-0.4, -0.2) is 74.0 Å². The number of guanidine groups is 1. The number of amides is 1. The van der Waals surface area contributed by atoms with E-state index in [-0.39, 0.29) is 29.9 Å². The first-order chi connectivity index (χ1) is 12.7. The maximum Gasteiger partial charge on any atom is 0.225 e. The number of rotatable bonds is 9. The topological polar surface area (TPSA) is 60.0 Å². The molecule has 7 heteroatoms. The minimum Gasteiger partial charge on any atom is -0.356 e. The Morgan fingerprint density at radius 3 is 2.48 bits per heavy atom. The molecule has 1 atom stereocenters. The molecule has 0 spiro atoms. The van der Waals surface area contributed by atoms with Crippen molar-refractivity contribution in [1.82, 2.24) is 20.4 Å². The van der Waals surface area contributed by atoms with Crippen LogP contribution in [0.25, 0.3) is 0 Å². The first kappa shape index (κ1) is 24.5. The number of nitrogens with one attached hydrogen (secondary N) is 2. The highest BCUT2D eigenvalue weighted by Gasteiger charge is 2.32. The van der Waals surface area contributed by atoms with Crippen LogP contribution in [0, 0.1) is 5.92 Å². The standard InChI is InChI=1S/C20H39N5O.HI/c1-4-24(5-2)14-9-8-13-22-20(21-3)23-18-12-15-25(16-18)19(26)17-10-6-7-11-17;/h17-18H,4-16H2,1-3H3,(H2,21,22,23);1H. The van der Waals surface area contributed by atoms with Crippen LogP contribution in [0.3, 0.4) is 0 Å². The third-order valence-electron chi connectivity index (χ3n) is 5.86. The van der Waals surface area contributed by atoms with Crippen molar-refractivity contribution in [1.29, 1.82) is 0 Å². The van der Waals surface area contributed by atoms with Gasteiger partial charge in [-0.1, -0.05) is 26.7 Å². The molecule has 2 aliphatic rings. The van der Waals surface area contributed by atoms with Gasteiger partial charge < -0.3 is 20.4 Å². The fourth-order valence-corrected chi connectivity index (χ4v) is 4.10. The van der Waals surface area contributed by atoms with Crippen molar-refractivity contribution in [2.75, 3.05) is 46.3 Å². The summed E-state index contributed by atoms with van der Waals surface area (Å²) in [4.78, 5) is 21.4. The number of unbranched alkanes of at least 4 members (excludes halogenated alkanes) is 1. The Hall–Kier alpha value is -0.570. The van der Waals surface area contributed by atoms with Crippen LogP contribution < -0.4 is 10.6 Å². The third kappa shape index (κ3) is 8.13. The molecule has 1 aliphatic heterocycles. The minimum absolute atomic E-state index is 0. The summed E-state index contributed by atoms with van der Waals surface area (Å²) in [5.74, 6) is 1.54. The Morgan fingerprint density at radius 1 is 1.15 bits per heavy atom. The van der Waals surface area contributed by atoms with Gasteiger partial charge in [-0.05, 0) is 51.7 Å². The van der Waals surface area contributed by atoms with E-state index in [2.05, 4.69) is 39.3 Å². The van der Waals surface area contributed by atoms with Gasteiger partial charge >= 0.3 is 0 Å². The molecule has 1 saturated carbocycles. The Balaban J connectivity index is 0.00000364. The molecule has 27 heavy (non-hydrogen) atoms. The molecule has 0 radical (unpaired) electrons. The number of hydrogen-bond donors (Lipinski definition) is 2. The second-order valence-electron chi connectivity index (χ2n) is 7.63. The number of halogens is 1. The lowest BCUT2D eigenvalue weighted by molar-refractivity contribution is -0.134. The molecular weight excluding hydrogens is 453 g/mol. The molecule has 0 aromatic carbocycles. The van der Waals surface area contributed by atoms with E-state index in [1.165, 1.54) is 25.8 Å². The summed E-state index contributed by atoms with van der Waals surface area (Å²) in [6.07, 6.45) is 7.98. The van der Waals surface area contributed by atoms with Crippen molar-refractivity contribution in [3.63, 3.8) is 0 Å². The van der Waals surface area contributed by atoms with E-state index in [0.29, 0.717) is 11.9 Å². The molecule has 1 heterocycles. The van der Waals surface area contributed by atoms with Gasteiger partial charge in [0.15, 0.2) is 5.96 Å². The van der Waals surface area contributed by atoms with Gasteiger partial charge in [0.2, 0.25) is 5.91 Å². The Morgan fingerprint density at radius 2 is 1.85 bits per heavy atom. The molecule has 1 amide bonds. The van der Waals surface area contributed by atoms with Crippen molar-refractivity contribution >= 4 is 35.8 Å². The van der Waals surface area contributed by atoms with Crippen LogP contribution in [-0.2, 0) is 4.79 Å². The third-order valence-corrected chi connectivity index (χ3v) is 5.86. The van der Waals surface area contributed by atoms with Crippen LogP contribution in [0.5, 0.6) is 0 Å². The van der Waals surface area contributed by atoms with Crippen molar-refractivity contribution < 1.29 is 4.79 Å². The van der Waals surface area contributed by atoms with E-state index in [1.807, 2.05) is 7.05 Å². The maximum absolute atomic E-state index is 12.5. The van der Waals surface area contributed by atoms with Crippen molar-refractivity contribution in [3.05, 3.63) is 0 Å². The van der Waals surface area contributed by atoms with Gasteiger partial charge in [-0.2, -0.15) is 0 Å². The first-order valence-corrected chi connectivity index (χ1v) is 10.7. The fraction of sp³-hybridized carbons (Fsp3) is 0.900. The molecule has 1 aliphatic carbocycles. The average molecular weight is 493 g/mol. The molecule has 0 aromatic rings. The molecule has 6 nitrogen and oxygen atoms in total. The van der Waals surface area contributed by atoms with E-state index in [0.717, 1.165) is 64.4 Å². The minimum atomic E-state index is 0. The number of nitrogens with zero attached hydrogens (tertiary/aromatic N) is 3. The molecule has 158 valence electrons. The summed E-state index contributed by atoms with van der Waals surface area (Å²) in [6, 6.07) is 0.322. The molecule has 1 unspecified atom stereocenters. The normalized spacial score (nSPS) is 20.8. The molecule has 1 saturated heterocycles. The summed E-state index contributed by atoms with van der Waals surface area (Å²) in [7, 11) is 1.82. The Kier molecular flexibility index (Phi) is 12.3. The highest BCUT2D eigenvalue weighted by Crippen LogP contribution is 2.27. The zero-order valence-electron chi connectivity index (χ0n) is 17.5. The molecule has 2 rings (SSSR count). The van der Waals surface area contributed by atoms with Gasteiger partial charge in [0.25, 0.3) is 0 Å². The second kappa shape index (κ2) is 13.6. The number of likely N-dealkylation sites (tertiary alicyclic amines) is 1. The smallest absolute Gasteiger partial charge is 0.225 e. The van der Waals surface area contributed by atoms with Gasteiger partial charge in [0.1, 0.15) is 0 Å². The fourth-order valence-electron chi connectivity index (χ4n) is 4.10. The molecule has 0 aromatic heterocycles. The van der Waals surface area contributed by atoms with Gasteiger partial charge in [-0.3, -0.25) is 9.79 Å². The molecule has 2 N–H and O–H groups in total. The molecular formula is C20H40IN5O. The maximum atomic E-state index is 12.5. The van der Waals surface area contributed by atoms with Crippen molar-refractivity contribution in [2.45, 2.75) is 64.8 Å². The van der Waals surface area contributed by atoms with Crippen LogP contribution >= 0.6 is 24.0 Å². The predicted octanol–water partition coefficient (Wildman–Crippen LogP) is 2.68. The predicted molar refractivity (Wildman–Crippen MR) is 124 cm³/mol. The summed E-state index contributed by atoms with van der Waals surface area (Å²) in [5.41, 5.74) is 0. The lowest BCUT2D eigenvalue weighted by Crippen LogP contribution is -2.45. The van der Waals surface area contributed by atoms with E-state index in [1.54, 1.807) is 0 Å². The van der Waals surface area contributed by atoms with Crippen LogP contribution in [0.4, 0.5) is 0 Å². The zero-order chi connectivity index (χ0) is 18.8. The average Bonchev–Trinajstić information content (AvgIpc) is 3.35. The summed E-state index contributed by atoms with van der Waals surface area (Å²) in [6.45, 7) is 10.5. The second-order valence-corrected chi connectivity index (χ2v) is 7.63. The summed E-state index contributed by atoms with van der Waals surface area (Å²) < 4.78 is 0. The van der Waals surface area contributed by atoms with Gasteiger partial charge in [-0.25, -0.2) is 0 Å².